The van der Waals surface area contributed by atoms with E-state index in [2.05, 4.69) is 55.8 Å². The van der Waals surface area contributed by atoms with E-state index in [9.17, 15) is 4.79 Å². The van der Waals surface area contributed by atoms with Crippen LogP contribution in [-0.4, -0.2) is 13.1 Å². The fraction of sp³-hybridized carbons (Fsp3) is 0.667. The Bertz CT molecular complexity index is 666. The van der Waals surface area contributed by atoms with Crippen LogP contribution in [0.4, 0.5) is 0 Å². The molecule has 24 heavy (non-hydrogen) atoms. The van der Waals surface area contributed by atoms with Gasteiger partial charge in [0.25, 0.3) is 0 Å². The minimum atomic E-state index is -0.358. The van der Waals surface area contributed by atoms with Crippen LogP contribution in [0.1, 0.15) is 76.0 Å². The number of ether oxygens (including phenoxy) is 1. The quantitative estimate of drug-likeness (QED) is 0.598. The molecular weight excluding hydrogens is 364 g/mol. The molecule has 0 N–H and O–H groups in total. The molecule has 1 fully saturated rings. The molecule has 132 valence electrons. The smallest absolute Gasteiger partial charge is 0.311 e. The molecule has 0 aromatic heterocycles. The van der Waals surface area contributed by atoms with Crippen molar-refractivity contribution in [2.45, 2.75) is 71.1 Å². The molecule has 0 saturated heterocycles. The molecule has 0 amide bonds. The maximum atomic E-state index is 12.6. The first-order valence-corrected chi connectivity index (χ1v) is 9.94. The molecule has 1 aromatic carbocycles. The van der Waals surface area contributed by atoms with Crippen molar-refractivity contribution < 1.29 is 9.53 Å². The van der Waals surface area contributed by atoms with E-state index in [-0.39, 0.29) is 16.8 Å². The second-order valence-electron chi connectivity index (χ2n) is 8.46. The van der Waals surface area contributed by atoms with Gasteiger partial charge in [-0.05, 0) is 72.6 Å². The Balaban J connectivity index is 2.11. The third-order valence-electron chi connectivity index (χ3n) is 6.74. The van der Waals surface area contributed by atoms with Crippen LogP contribution in [-0.2, 0) is 21.4 Å². The third kappa shape index (κ3) is 2.55. The van der Waals surface area contributed by atoms with E-state index in [4.69, 9.17) is 4.74 Å². The van der Waals surface area contributed by atoms with Crippen LogP contribution in [0.15, 0.2) is 16.6 Å². The van der Waals surface area contributed by atoms with Gasteiger partial charge >= 0.3 is 5.97 Å². The van der Waals surface area contributed by atoms with Crippen LogP contribution in [0.3, 0.4) is 0 Å². The van der Waals surface area contributed by atoms with Crippen molar-refractivity contribution in [3.8, 4) is 0 Å². The van der Waals surface area contributed by atoms with Crippen molar-refractivity contribution in [2.24, 2.45) is 11.3 Å². The normalized spacial score (nSPS) is 32.2. The molecule has 1 saturated carbocycles. The van der Waals surface area contributed by atoms with Gasteiger partial charge in [-0.15, -0.1) is 0 Å². The summed E-state index contributed by atoms with van der Waals surface area (Å²) in [6, 6.07) is 4.75. The zero-order valence-electron chi connectivity index (χ0n) is 15.5. The van der Waals surface area contributed by atoms with E-state index >= 15 is 0 Å². The molecule has 2 aliphatic carbocycles. The molecule has 0 spiro atoms. The SMILES string of the molecule is COC(=O)[C@]1(C)CCC[C@]2(C)c3cc(Br)c(C(C)C)cc3CC[C@H]12. The maximum absolute atomic E-state index is 12.6. The Morgan fingerprint density at radius 1 is 1.29 bits per heavy atom. The summed E-state index contributed by atoms with van der Waals surface area (Å²) in [6.45, 7) is 8.99. The zero-order valence-corrected chi connectivity index (χ0v) is 17.1. The lowest BCUT2D eigenvalue weighted by molar-refractivity contribution is -0.161. The van der Waals surface area contributed by atoms with Crippen LogP contribution in [0.5, 0.6) is 0 Å². The minimum absolute atomic E-state index is 0.0280. The van der Waals surface area contributed by atoms with Gasteiger partial charge < -0.3 is 4.74 Å². The number of esters is 1. The van der Waals surface area contributed by atoms with Crippen LogP contribution < -0.4 is 0 Å². The van der Waals surface area contributed by atoms with Crippen molar-refractivity contribution in [2.75, 3.05) is 7.11 Å². The van der Waals surface area contributed by atoms with Crippen molar-refractivity contribution in [3.05, 3.63) is 33.3 Å². The highest BCUT2D eigenvalue weighted by Gasteiger charge is 2.55. The van der Waals surface area contributed by atoms with E-state index in [0.29, 0.717) is 11.8 Å². The second-order valence-corrected chi connectivity index (χ2v) is 9.31. The van der Waals surface area contributed by atoms with Gasteiger partial charge in [0.2, 0.25) is 0 Å². The predicted octanol–water partition coefficient (Wildman–Crippen LogP) is 5.76. The summed E-state index contributed by atoms with van der Waals surface area (Å²) >= 11 is 3.80. The molecular formula is C21H29BrO2. The highest BCUT2D eigenvalue weighted by atomic mass is 79.9. The monoisotopic (exact) mass is 392 g/mol. The highest BCUT2D eigenvalue weighted by Crippen LogP contribution is 2.58. The Kier molecular flexibility index (Phi) is 4.61. The van der Waals surface area contributed by atoms with E-state index in [0.717, 1.165) is 32.1 Å². The first kappa shape index (κ1) is 18.0. The molecule has 3 atom stereocenters. The molecule has 3 rings (SSSR count). The largest absolute Gasteiger partial charge is 0.469 e. The van der Waals surface area contributed by atoms with Crippen molar-refractivity contribution >= 4 is 21.9 Å². The fourth-order valence-corrected chi connectivity index (χ4v) is 6.23. The van der Waals surface area contributed by atoms with Gasteiger partial charge in [0.15, 0.2) is 0 Å². The van der Waals surface area contributed by atoms with Crippen LogP contribution >= 0.6 is 15.9 Å². The Labute approximate surface area is 154 Å². The van der Waals surface area contributed by atoms with Crippen LogP contribution in [0.2, 0.25) is 0 Å². The molecule has 3 heteroatoms. The van der Waals surface area contributed by atoms with Gasteiger partial charge in [-0.3, -0.25) is 4.79 Å². The lowest BCUT2D eigenvalue weighted by Gasteiger charge is -2.54. The number of hydrogen-bond acceptors (Lipinski definition) is 2. The number of fused-ring (bicyclic) bond motifs is 3. The van der Waals surface area contributed by atoms with Crippen LogP contribution in [0, 0.1) is 11.3 Å². The predicted molar refractivity (Wildman–Crippen MR) is 101 cm³/mol. The average Bonchev–Trinajstić information content (AvgIpc) is 2.53. The van der Waals surface area contributed by atoms with E-state index in [1.807, 2.05) is 0 Å². The zero-order chi connectivity index (χ0) is 17.7. The van der Waals surface area contributed by atoms with E-state index in [1.165, 1.54) is 28.3 Å². The Hall–Kier alpha value is -0.830. The van der Waals surface area contributed by atoms with Gasteiger partial charge in [-0.1, -0.05) is 49.2 Å². The number of carbonyl (C=O) groups is 1. The topological polar surface area (TPSA) is 26.3 Å². The van der Waals surface area contributed by atoms with Gasteiger partial charge in [0, 0.05) is 4.47 Å². The number of aryl methyl sites for hydroxylation is 1. The summed E-state index contributed by atoms with van der Waals surface area (Å²) in [4.78, 5) is 12.6. The summed E-state index contributed by atoms with van der Waals surface area (Å²) in [5.74, 6) is 0.845. The number of hydrogen-bond donors (Lipinski definition) is 0. The van der Waals surface area contributed by atoms with E-state index < -0.39 is 0 Å². The van der Waals surface area contributed by atoms with Gasteiger partial charge in [-0.2, -0.15) is 0 Å². The number of benzene rings is 1. The van der Waals surface area contributed by atoms with Gasteiger partial charge in [-0.25, -0.2) is 0 Å². The maximum Gasteiger partial charge on any atom is 0.311 e. The average molecular weight is 393 g/mol. The van der Waals surface area contributed by atoms with Crippen LogP contribution in [0.25, 0.3) is 0 Å². The van der Waals surface area contributed by atoms with Crippen molar-refractivity contribution in [1.29, 1.82) is 0 Å². The molecule has 0 aliphatic heterocycles. The minimum Gasteiger partial charge on any atom is -0.469 e. The summed E-state index contributed by atoms with van der Waals surface area (Å²) < 4.78 is 6.41. The molecule has 2 aliphatic rings. The molecule has 1 aromatic rings. The fourth-order valence-electron chi connectivity index (χ4n) is 5.43. The second kappa shape index (κ2) is 6.16. The van der Waals surface area contributed by atoms with Gasteiger partial charge in [0.1, 0.15) is 0 Å². The Morgan fingerprint density at radius 3 is 2.62 bits per heavy atom. The standard InChI is InChI=1S/C21H29BrO2/c1-13(2)15-11-14-7-8-18-20(3,16(14)12-17(15)22)9-6-10-21(18,4)19(23)24-5/h11-13,18H,6-10H2,1-5H3/t18-,20+,21+/m0/s1. The number of halogens is 1. The van der Waals surface area contributed by atoms with E-state index in [1.54, 1.807) is 0 Å². The molecule has 0 unspecified atom stereocenters. The lowest BCUT2D eigenvalue weighted by Crippen LogP contribution is -2.52. The Morgan fingerprint density at radius 2 is 2.00 bits per heavy atom. The summed E-state index contributed by atoms with van der Waals surface area (Å²) in [6.07, 6.45) is 5.33. The molecule has 0 bridgehead atoms. The summed E-state index contributed by atoms with van der Waals surface area (Å²) in [5, 5.41) is 0. The first-order chi connectivity index (χ1) is 11.2. The molecule has 2 nitrogen and oxygen atoms in total. The third-order valence-corrected chi connectivity index (χ3v) is 7.43. The summed E-state index contributed by atoms with van der Waals surface area (Å²) in [5.41, 5.74) is 4.03. The molecule has 0 radical (unpaired) electrons. The first-order valence-electron chi connectivity index (χ1n) is 9.15. The lowest BCUT2D eigenvalue weighted by atomic mass is 9.49. The molecule has 0 heterocycles. The summed E-state index contributed by atoms with van der Waals surface area (Å²) in [7, 11) is 1.53. The van der Waals surface area contributed by atoms with Crippen molar-refractivity contribution in [3.63, 3.8) is 0 Å². The number of rotatable bonds is 2. The number of carbonyl (C=O) groups excluding carboxylic acids is 1. The number of methoxy groups -OCH3 is 1. The van der Waals surface area contributed by atoms with Gasteiger partial charge in [0.05, 0.1) is 12.5 Å². The van der Waals surface area contributed by atoms with Crippen molar-refractivity contribution in [1.82, 2.24) is 0 Å². The highest BCUT2D eigenvalue weighted by molar-refractivity contribution is 9.10.